The molecule has 4 N–H and O–H groups in total. The standard InChI is InChI=1S/C12H15N5O2/c1-18-9-4-3-8(5-10(9)19-2)16-11-6-12(17-13)15-7-14-11/h3-7H,13H2,1-2H3,(H2,14,15,16,17). The lowest BCUT2D eigenvalue weighted by atomic mass is 10.2. The fraction of sp³-hybridized carbons (Fsp3) is 0.167. The van der Waals surface area contributed by atoms with Crippen LogP contribution in [-0.2, 0) is 0 Å². The van der Waals surface area contributed by atoms with E-state index in [1.165, 1.54) is 6.33 Å². The highest BCUT2D eigenvalue weighted by atomic mass is 16.5. The van der Waals surface area contributed by atoms with Crippen molar-refractivity contribution in [3.8, 4) is 11.5 Å². The van der Waals surface area contributed by atoms with Crippen LogP contribution in [-0.4, -0.2) is 24.2 Å². The van der Waals surface area contributed by atoms with Crippen LogP contribution in [0.3, 0.4) is 0 Å². The highest BCUT2D eigenvalue weighted by Gasteiger charge is 2.05. The highest BCUT2D eigenvalue weighted by Crippen LogP contribution is 2.30. The van der Waals surface area contributed by atoms with E-state index in [0.29, 0.717) is 23.1 Å². The van der Waals surface area contributed by atoms with Gasteiger partial charge in [0.1, 0.15) is 18.0 Å². The lowest BCUT2D eigenvalue weighted by molar-refractivity contribution is 0.355. The second-order valence-corrected chi connectivity index (χ2v) is 3.63. The zero-order valence-corrected chi connectivity index (χ0v) is 10.7. The van der Waals surface area contributed by atoms with Gasteiger partial charge >= 0.3 is 0 Å². The third kappa shape index (κ3) is 3.02. The number of hydrogen-bond donors (Lipinski definition) is 3. The minimum Gasteiger partial charge on any atom is -0.493 e. The van der Waals surface area contributed by atoms with E-state index in [1.54, 1.807) is 20.3 Å². The zero-order valence-electron chi connectivity index (χ0n) is 10.7. The summed E-state index contributed by atoms with van der Waals surface area (Å²) in [6.07, 6.45) is 1.41. The number of anilines is 3. The summed E-state index contributed by atoms with van der Waals surface area (Å²) in [5.41, 5.74) is 3.28. The number of nitrogens with zero attached hydrogens (tertiary/aromatic N) is 2. The molecular formula is C12H15N5O2. The monoisotopic (exact) mass is 261 g/mol. The number of aromatic nitrogens is 2. The number of benzene rings is 1. The molecule has 0 atom stereocenters. The van der Waals surface area contributed by atoms with Gasteiger partial charge in [-0.25, -0.2) is 15.8 Å². The van der Waals surface area contributed by atoms with Crippen LogP contribution >= 0.6 is 0 Å². The Kier molecular flexibility index (Phi) is 3.99. The number of hydrogen-bond acceptors (Lipinski definition) is 7. The molecule has 0 radical (unpaired) electrons. The van der Waals surface area contributed by atoms with E-state index in [2.05, 4.69) is 20.7 Å². The average Bonchev–Trinajstić information content (AvgIpc) is 2.47. The maximum absolute atomic E-state index is 5.29. The number of rotatable bonds is 5. The van der Waals surface area contributed by atoms with Crippen LogP contribution in [0.15, 0.2) is 30.6 Å². The number of nitrogen functional groups attached to an aromatic ring is 1. The quantitative estimate of drug-likeness (QED) is 0.555. The van der Waals surface area contributed by atoms with Gasteiger partial charge in [0, 0.05) is 17.8 Å². The molecule has 0 fully saturated rings. The van der Waals surface area contributed by atoms with Crippen molar-refractivity contribution >= 4 is 17.3 Å². The number of ether oxygens (including phenoxy) is 2. The molecule has 100 valence electrons. The van der Waals surface area contributed by atoms with E-state index >= 15 is 0 Å². The molecule has 1 aromatic carbocycles. The number of methoxy groups -OCH3 is 2. The van der Waals surface area contributed by atoms with E-state index in [-0.39, 0.29) is 0 Å². The third-order valence-corrected chi connectivity index (χ3v) is 2.47. The van der Waals surface area contributed by atoms with Crippen LogP contribution in [0.4, 0.5) is 17.3 Å². The average molecular weight is 261 g/mol. The molecule has 2 rings (SSSR count). The first-order valence-corrected chi connectivity index (χ1v) is 5.54. The Bertz CT molecular complexity index is 562. The second-order valence-electron chi connectivity index (χ2n) is 3.63. The third-order valence-electron chi connectivity index (χ3n) is 2.47. The van der Waals surface area contributed by atoms with Gasteiger partial charge in [-0.3, -0.25) is 0 Å². The Balaban J connectivity index is 2.22. The Morgan fingerprint density at radius 2 is 1.74 bits per heavy atom. The summed E-state index contributed by atoms with van der Waals surface area (Å²) in [6, 6.07) is 7.18. The summed E-state index contributed by atoms with van der Waals surface area (Å²) in [7, 11) is 3.18. The molecule has 0 saturated heterocycles. The molecule has 7 nitrogen and oxygen atoms in total. The minimum atomic E-state index is 0.526. The number of nitrogens with one attached hydrogen (secondary N) is 2. The first-order valence-electron chi connectivity index (χ1n) is 5.54. The van der Waals surface area contributed by atoms with E-state index in [0.717, 1.165) is 5.69 Å². The van der Waals surface area contributed by atoms with Gasteiger partial charge < -0.3 is 20.2 Å². The molecule has 0 aliphatic carbocycles. The van der Waals surface area contributed by atoms with Gasteiger partial charge in [-0.15, -0.1) is 0 Å². The van der Waals surface area contributed by atoms with Crippen molar-refractivity contribution in [2.24, 2.45) is 5.84 Å². The van der Waals surface area contributed by atoms with Crippen LogP contribution in [0.1, 0.15) is 0 Å². The van der Waals surface area contributed by atoms with Crippen molar-refractivity contribution in [2.45, 2.75) is 0 Å². The smallest absolute Gasteiger partial charge is 0.162 e. The normalized spacial score (nSPS) is 9.84. The van der Waals surface area contributed by atoms with E-state index in [1.807, 2.05) is 18.2 Å². The lowest BCUT2D eigenvalue weighted by Gasteiger charge is -2.11. The van der Waals surface area contributed by atoms with Crippen LogP contribution in [0.25, 0.3) is 0 Å². The molecule has 7 heteroatoms. The molecule has 0 unspecified atom stereocenters. The molecule has 0 saturated carbocycles. The Morgan fingerprint density at radius 1 is 1.00 bits per heavy atom. The van der Waals surface area contributed by atoms with Gasteiger partial charge in [0.05, 0.1) is 14.2 Å². The molecule has 0 aliphatic heterocycles. The van der Waals surface area contributed by atoms with Crippen molar-refractivity contribution in [2.75, 3.05) is 25.0 Å². The second kappa shape index (κ2) is 5.87. The molecule has 0 spiro atoms. The van der Waals surface area contributed by atoms with Crippen LogP contribution in [0.5, 0.6) is 11.5 Å². The van der Waals surface area contributed by atoms with Gasteiger partial charge in [0.15, 0.2) is 11.5 Å². The van der Waals surface area contributed by atoms with Crippen LogP contribution in [0, 0.1) is 0 Å². The van der Waals surface area contributed by atoms with Gasteiger partial charge in [0.2, 0.25) is 0 Å². The Labute approximate surface area is 110 Å². The zero-order chi connectivity index (χ0) is 13.7. The summed E-state index contributed by atoms with van der Waals surface area (Å²) >= 11 is 0. The van der Waals surface area contributed by atoms with Gasteiger partial charge in [-0.2, -0.15) is 0 Å². The van der Waals surface area contributed by atoms with Gasteiger partial charge in [-0.05, 0) is 12.1 Å². The first-order chi connectivity index (χ1) is 9.26. The number of nitrogens with two attached hydrogens (primary N) is 1. The van der Waals surface area contributed by atoms with Crippen molar-refractivity contribution in [1.82, 2.24) is 9.97 Å². The predicted octanol–water partition coefficient (Wildman–Crippen LogP) is 1.52. The summed E-state index contributed by atoms with van der Waals surface area (Å²) in [6.45, 7) is 0. The molecule has 0 bridgehead atoms. The molecule has 1 heterocycles. The van der Waals surface area contributed by atoms with Crippen molar-refractivity contribution in [1.29, 1.82) is 0 Å². The summed E-state index contributed by atoms with van der Waals surface area (Å²) in [4.78, 5) is 8.02. The van der Waals surface area contributed by atoms with Gasteiger partial charge in [0.25, 0.3) is 0 Å². The Morgan fingerprint density at radius 3 is 2.42 bits per heavy atom. The fourth-order valence-corrected chi connectivity index (χ4v) is 1.57. The molecule has 0 aliphatic rings. The van der Waals surface area contributed by atoms with Crippen LogP contribution < -0.4 is 26.1 Å². The Hall–Kier alpha value is -2.54. The number of hydrazine groups is 1. The highest BCUT2D eigenvalue weighted by molar-refractivity contribution is 5.62. The predicted molar refractivity (Wildman–Crippen MR) is 72.7 cm³/mol. The summed E-state index contributed by atoms with van der Waals surface area (Å²) in [5.74, 6) is 7.74. The molecule has 2 aromatic rings. The van der Waals surface area contributed by atoms with Crippen molar-refractivity contribution < 1.29 is 9.47 Å². The van der Waals surface area contributed by atoms with E-state index < -0.39 is 0 Å². The summed E-state index contributed by atoms with van der Waals surface area (Å²) in [5, 5.41) is 3.12. The maximum atomic E-state index is 5.29. The summed E-state index contributed by atoms with van der Waals surface area (Å²) < 4.78 is 10.4. The lowest BCUT2D eigenvalue weighted by Crippen LogP contribution is -2.09. The molecular weight excluding hydrogens is 246 g/mol. The topological polar surface area (TPSA) is 94.3 Å². The minimum absolute atomic E-state index is 0.526. The maximum Gasteiger partial charge on any atom is 0.162 e. The van der Waals surface area contributed by atoms with Crippen molar-refractivity contribution in [3.63, 3.8) is 0 Å². The van der Waals surface area contributed by atoms with Crippen LogP contribution in [0.2, 0.25) is 0 Å². The van der Waals surface area contributed by atoms with E-state index in [4.69, 9.17) is 15.3 Å². The van der Waals surface area contributed by atoms with Gasteiger partial charge in [-0.1, -0.05) is 0 Å². The SMILES string of the molecule is COc1ccc(Nc2cc(NN)ncn2)cc1OC. The molecule has 1 aromatic heterocycles. The molecule has 0 amide bonds. The largest absolute Gasteiger partial charge is 0.493 e. The first kappa shape index (κ1) is 12.9. The molecule has 19 heavy (non-hydrogen) atoms. The van der Waals surface area contributed by atoms with E-state index in [9.17, 15) is 0 Å². The van der Waals surface area contributed by atoms with Crippen molar-refractivity contribution in [3.05, 3.63) is 30.6 Å². The fourth-order valence-electron chi connectivity index (χ4n) is 1.57.